The number of hydrogen-bond acceptors (Lipinski definition) is 1. The lowest BCUT2D eigenvalue weighted by molar-refractivity contribution is 1.30. The zero-order chi connectivity index (χ0) is 10.5. The summed E-state index contributed by atoms with van der Waals surface area (Å²) in [7, 11) is 0. The third-order valence-corrected chi connectivity index (χ3v) is 2.35. The SMILES string of the molecule is C/C=C(/c1ccccc1)c1cccnc1. The van der Waals surface area contributed by atoms with Gasteiger partial charge in [-0.1, -0.05) is 42.5 Å². The molecule has 2 aromatic rings. The summed E-state index contributed by atoms with van der Waals surface area (Å²) in [5.74, 6) is 0. The van der Waals surface area contributed by atoms with Gasteiger partial charge in [-0.3, -0.25) is 4.98 Å². The molecule has 0 atom stereocenters. The first-order valence-corrected chi connectivity index (χ1v) is 5.04. The van der Waals surface area contributed by atoms with Gasteiger partial charge in [-0.05, 0) is 24.1 Å². The highest BCUT2D eigenvalue weighted by Gasteiger charge is 2.01. The van der Waals surface area contributed by atoms with Crippen LogP contribution in [-0.4, -0.2) is 4.98 Å². The topological polar surface area (TPSA) is 12.9 Å². The van der Waals surface area contributed by atoms with Crippen molar-refractivity contribution in [3.63, 3.8) is 0 Å². The second kappa shape index (κ2) is 4.56. The van der Waals surface area contributed by atoms with Crippen LogP contribution < -0.4 is 0 Å². The molecule has 0 saturated heterocycles. The first kappa shape index (κ1) is 9.66. The van der Waals surface area contributed by atoms with Crippen molar-refractivity contribution in [2.45, 2.75) is 6.92 Å². The Bertz CT molecular complexity index is 402. The van der Waals surface area contributed by atoms with E-state index in [0.29, 0.717) is 0 Å². The number of rotatable bonds is 2. The number of nitrogens with zero attached hydrogens (tertiary/aromatic N) is 1. The van der Waals surface area contributed by atoms with Gasteiger partial charge in [-0.15, -0.1) is 0 Å². The zero-order valence-corrected chi connectivity index (χ0v) is 8.72. The van der Waals surface area contributed by atoms with Crippen molar-refractivity contribution >= 4 is 5.57 Å². The van der Waals surface area contributed by atoms with Gasteiger partial charge in [0.2, 0.25) is 0 Å². The predicted octanol–water partition coefficient (Wildman–Crippen LogP) is 3.53. The maximum Gasteiger partial charge on any atom is 0.0346 e. The van der Waals surface area contributed by atoms with Crippen LogP contribution in [0.3, 0.4) is 0 Å². The molecule has 2 rings (SSSR count). The normalized spacial score (nSPS) is 11.4. The summed E-state index contributed by atoms with van der Waals surface area (Å²) in [6.45, 7) is 2.05. The van der Waals surface area contributed by atoms with Gasteiger partial charge < -0.3 is 0 Å². The van der Waals surface area contributed by atoms with Crippen molar-refractivity contribution in [3.05, 3.63) is 72.1 Å². The van der Waals surface area contributed by atoms with Crippen LogP contribution in [0.25, 0.3) is 5.57 Å². The molecule has 0 spiro atoms. The molecule has 0 fully saturated rings. The van der Waals surface area contributed by atoms with E-state index in [9.17, 15) is 0 Å². The molecule has 15 heavy (non-hydrogen) atoms. The molecule has 0 radical (unpaired) electrons. The summed E-state index contributed by atoms with van der Waals surface area (Å²) in [5.41, 5.74) is 3.61. The van der Waals surface area contributed by atoms with E-state index in [2.05, 4.69) is 48.3 Å². The summed E-state index contributed by atoms with van der Waals surface area (Å²) in [5, 5.41) is 0. The fourth-order valence-electron chi connectivity index (χ4n) is 1.64. The van der Waals surface area contributed by atoms with E-state index >= 15 is 0 Å². The Labute approximate surface area is 90.1 Å². The van der Waals surface area contributed by atoms with Gasteiger partial charge in [-0.25, -0.2) is 0 Å². The number of benzene rings is 1. The van der Waals surface area contributed by atoms with Crippen LogP contribution in [0.1, 0.15) is 18.1 Å². The molecule has 0 aliphatic carbocycles. The fraction of sp³-hybridized carbons (Fsp3) is 0.0714. The average Bonchev–Trinajstić information content (AvgIpc) is 2.33. The van der Waals surface area contributed by atoms with Crippen LogP contribution >= 0.6 is 0 Å². The maximum absolute atomic E-state index is 4.14. The molecule has 0 bridgehead atoms. The Morgan fingerprint density at radius 2 is 1.73 bits per heavy atom. The Morgan fingerprint density at radius 1 is 1.00 bits per heavy atom. The quantitative estimate of drug-likeness (QED) is 0.714. The van der Waals surface area contributed by atoms with Gasteiger partial charge in [0, 0.05) is 18.0 Å². The van der Waals surface area contributed by atoms with Gasteiger partial charge in [0.25, 0.3) is 0 Å². The largest absolute Gasteiger partial charge is 0.264 e. The molecule has 1 nitrogen and oxygen atoms in total. The number of allylic oxidation sites excluding steroid dienone is 1. The fourth-order valence-corrected chi connectivity index (χ4v) is 1.64. The molecule has 74 valence electrons. The van der Waals surface area contributed by atoms with Crippen LogP contribution in [0.5, 0.6) is 0 Å². The van der Waals surface area contributed by atoms with E-state index in [0.717, 1.165) is 5.56 Å². The van der Waals surface area contributed by atoms with Gasteiger partial charge in [0.15, 0.2) is 0 Å². The monoisotopic (exact) mass is 195 g/mol. The maximum atomic E-state index is 4.14. The van der Waals surface area contributed by atoms with Crippen molar-refractivity contribution < 1.29 is 0 Å². The summed E-state index contributed by atoms with van der Waals surface area (Å²) in [6.07, 6.45) is 5.80. The molecule has 0 aliphatic rings. The van der Waals surface area contributed by atoms with E-state index in [1.807, 2.05) is 18.3 Å². The van der Waals surface area contributed by atoms with Crippen LogP contribution in [0, 0.1) is 0 Å². The first-order chi connectivity index (χ1) is 7.42. The van der Waals surface area contributed by atoms with Gasteiger partial charge in [-0.2, -0.15) is 0 Å². The molecule has 0 aliphatic heterocycles. The Morgan fingerprint density at radius 3 is 2.33 bits per heavy atom. The van der Waals surface area contributed by atoms with Crippen molar-refractivity contribution in [2.24, 2.45) is 0 Å². The first-order valence-electron chi connectivity index (χ1n) is 5.04. The highest BCUT2D eigenvalue weighted by Crippen LogP contribution is 2.21. The Kier molecular flexibility index (Phi) is 2.93. The molecule has 1 aromatic carbocycles. The minimum atomic E-state index is 1.16. The summed E-state index contributed by atoms with van der Waals surface area (Å²) in [4.78, 5) is 4.14. The molecule has 0 N–H and O–H groups in total. The molecular formula is C14H13N. The number of hydrogen-bond donors (Lipinski definition) is 0. The lowest BCUT2D eigenvalue weighted by atomic mass is 9.99. The van der Waals surface area contributed by atoms with E-state index in [1.165, 1.54) is 11.1 Å². The van der Waals surface area contributed by atoms with Crippen LogP contribution in [0.4, 0.5) is 0 Å². The Balaban J connectivity index is 2.44. The van der Waals surface area contributed by atoms with Crippen LogP contribution in [-0.2, 0) is 0 Å². The molecule has 1 heterocycles. The Hall–Kier alpha value is -1.89. The molecule has 1 heteroatoms. The summed E-state index contributed by atoms with van der Waals surface area (Å²) in [6, 6.07) is 14.4. The standard InChI is InChI=1S/C14H13N/c1-2-14(12-7-4-3-5-8-12)13-9-6-10-15-11-13/h2-11H,1H3/b14-2-. The van der Waals surface area contributed by atoms with Crippen molar-refractivity contribution in [1.82, 2.24) is 4.98 Å². The van der Waals surface area contributed by atoms with Crippen LogP contribution in [0.15, 0.2) is 60.9 Å². The van der Waals surface area contributed by atoms with E-state index in [4.69, 9.17) is 0 Å². The number of pyridine rings is 1. The average molecular weight is 195 g/mol. The summed E-state index contributed by atoms with van der Waals surface area (Å²) < 4.78 is 0. The minimum absolute atomic E-state index is 1.16. The summed E-state index contributed by atoms with van der Waals surface area (Å²) >= 11 is 0. The third kappa shape index (κ3) is 2.13. The van der Waals surface area contributed by atoms with Gasteiger partial charge in [0.1, 0.15) is 0 Å². The van der Waals surface area contributed by atoms with Gasteiger partial charge >= 0.3 is 0 Å². The lowest BCUT2D eigenvalue weighted by Crippen LogP contribution is -1.87. The molecule has 0 saturated carbocycles. The highest BCUT2D eigenvalue weighted by atomic mass is 14.6. The van der Waals surface area contributed by atoms with E-state index in [1.54, 1.807) is 6.20 Å². The smallest absolute Gasteiger partial charge is 0.0346 e. The second-order valence-electron chi connectivity index (χ2n) is 3.31. The molecule has 0 unspecified atom stereocenters. The van der Waals surface area contributed by atoms with Crippen molar-refractivity contribution in [3.8, 4) is 0 Å². The zero-order valence-electron chi connectivity index (χ0n) is 8.72. The minimum Gasteiger partial charge on any atom is -0.264 e. The molecule has 0 amide bonds. The van der Waals surface area contributed by atoms with E-state index < -0.39 is 0 Å². The van der Waals surface area contributed by atoms with E-state index in [-0.39, 0.29) is 0 Å². The molecule has 1 aromatic heterocycles. The second-order valence-corrected chi connectivity index (χ2v) is 3.31. The van der Waals surface area contributed by atoms with Gasteiger partial charge in [0.05, 0.1) is 0 Å². The lowest BCUT2D eigenvalue weighted by Gasteiger charge is -2.06. The van der Waals surface area contributed by atoms with Crippen molar-refractivity contribution in [1.29, 1.82) is 0 Å². The van der Waals surface area contributed by atoms with Crippen LogP contribution in [0.2, 0.25) is 0 Å². The third-order valence-electron chi connectivity index (χ3n) is 2.35. The molecular weight excluding hydrogens is 182 g/mol. The predicted molar refractivity (Wildman–Crippen MR) is 63.4 cm³/mol. The highest BCUT2D eigenvalue weighted by molar-refractivity contribution is 5.78. The van der Waals surface area contributed by atoms with Crippen molar-refractivity contribution in [2.75, 3.05) is 0 Å². The number of aromatic nitrogens is 1.